The average Bonchev–Trinajstić information content (AvgIpc) is 3.04. The van der Waals surface area contributed by atoms with E-state index in [-0.39, 0.29) is 0 Å². The lowest BCUT2D eigenvalue weighted by Crippen LogP contribution is -2.22. The fraction of sp³-hybridized carbons (Fsp3) is 0.538. The van der Waals surface area contributed by atoms with Gasteiger partial charge in [-0.3, -0.25) is 0 Å². The van der Waals surface area contributed by atoms with E-state index in [9.17, 15) is 0 Å². The fourth-order valence-corrected chi connectivity index (χ4v) is 3.29. The lowest BCUT2D eigenvalue weighted by atomic mass is 10.3. The Morgan fingerprint density at radius 1 is 1.32 bits per heavy atom. The van der Waals surface area contributed by atoms with Gasteiger partial charge >= 0.3 is 0 Å². The summed E-state index contributed by atoms with van der Waals surface area (Å²) >= 11 is 1.60. The fourth-order valence-electron chi connectivity index (χ4n) is 2.52. The molecule has 3 rings (SSSR count). The predicted molar refractivity (Wildman–Crippen MR) is 80.6 cm³/mol. The first-order chi connectivity index (χ1) is 9.33. The molecule has 19 heavy (non-hydrogen) atoms. The molecule has 0 amide bonds. The van der Waals surface area contributed by atoms with Gasteiger partial charge in [-0.05, 0) is 50.3 Å². The minimum Gasteiger partial charge on any atom is -0.369 e. The molecule has 0 unspecified atom stereocenters. The zero-order valence-corrected chi connectivity index (χ0v) is 11.7. The molecule has 0 atom stereocenters. The minimum absolute atomic E-state index is 0.344. The summed E-state index contributed by atoms with van der Waals surface area (Å²) in [5.41, 5.74) is 5.72. The monoisotopic (exact) mass is 277 g/mol. The lowest BCUT2D eigenvalue weighted by molar-refractivity contribution is 0.337. The average molecular weight is 277 g/mol. The van der Waals surface area contributed by atoms with Crippen molar-refractivity contribution in [2.45, 2.75) is 19.3 Å². The molecule has 0 radical (unpaired) electrons. The molecule has 6 heteroatoms. The quantitative estimate of drug-likeness (QED) is 0.820. The lowest BCUT2D eigenvalue weighted by Gasteiger charge is -2.14. The molecule has 102 valence electrons. The Balaban J connectivity index is 1.57. The van der Waals surface area contributed by atoms with Crippen LogP contribution in [0.2, 0.25) is 0 Å². The molecule has 0 aromatic carbocycles. The third-order valence-corrected chi connectivity index (χ3v) is 4.29. The topological polar surface area (TPSA) is 67.1 Å². The Hall–Kier alpha value is -1.40. The van der Waals surface area contributed by atoms with Gasteiger partial charge in [0.2, 0.25) is 5.95 Å². The number of nitrogens with one attached hydrogen (secondary N) is 1. The van der Waals surface area contributed by atoms with E-state index >= 15 is 0 Å². The number of rotatable bonds is 5. The van der Waals surface area contributed by atoms with Crippen molar-refractivity contribution in [1.29, 1.82) is 0 Å². The molecular weight excluding hydrogens is 258 g/mol. The van der Waals surface area contributed by atoms with Crippen LogP contribution in [0.3, 0.4) is 0 Å². The van der Waals surface area contributed by atoms with Crippen molar-refractivity contribution in [3.63, 3.8) is 0 Å². The maximum Gasteiger partial charge on any atom is 0.223 e. The SMILES string of the molecule is Nc1nc(NCCCN2CCCC2)c2ccsc2n1. The summed E-state index contributed by atoms with van der Waals surface area (Å²) in [5.74, 6) is 1.21. The number of hydrogen-bond acceptors (Lipinski definition) is 6. The molecule has 3 N–H and O–H groups in total. The van der Waals surface area contributed by atoms with Crippen molar-refractivity contribution in [2.24, 2.45) is 0 Å². The van der Waals surface area contributed by atoms with Gasteiger partial charge in [-0.25, -0.2) is 4.98 Å². The second-order valence-corrected chi connectivity index (χ2v) is 5.79. The molecule has 2 aromatic heterocycles. The van der Waals surface area contributed by atoms with Crippen LogP contribution in [0, 0.1) is 0 Å². The van der Waals surface area contributed by atoms with Gasteiger partial charge < -0.3 is 16.0 Å². The number of likely N-dealkylation sites (tertiary alicyclic amines) is 1. The molecule has 0 bridgehead atoms. The van der Waals surface area contributed by atoms with E-state index in [1.807, 2.05) is 11.4 Å². The van der Waals surface area contributed by atoms with Crippen LogP contribution >= 0.6 is 11.3 Å². The number of hydrogen-bond donors (Lipinski definition) is 2. The number of aromatic nitrogens is 2. The van der Waals surface area contributed by atoms with E-state index in [1.54, 1.807) is 11.3 Å². The molecule has 1 fully saturated rings. The van der Waals surface area contributed by atoms with Crippen molar-refractivity contribution in [3.05, 3.63) is 11.4 Å². The first kappa shape index (κ1) is 12.6. The molecule has 0 spiro atoms. The van der Waals surface area contributed by atoms with Crippen LogP contribution in [0.5, 0.6) is 0 Å². The zero-order valence-electron chi connectivity index (χ0n) is 10.9. The number of fused-ring (bicyclic) bond motifs is 1. The summed E-state index contributed by atoms with van der Waals surface area (Å²) < 4.78 is 0. The summed E-state index contributed by atoms with van der Waals surface area (Å²) in [6, 6.07) is 2.04. The number of thiophene rings is 1. The maximum absolute atomic E-state index is 5.72. The predicted octanol–water partition coefficient (Wildman–Crippen LogP) is 2.17. The van der Waals surface area contributed by atoms with Gasteiger partial charge in [0.1, 0.15) is 10.6 Å². The summed E-state index contributed by atoms with van der Waals surface area (Å²) in [4.78, 5) is 12.0. The molecule has 3 heterocycles. The van der Waals surface area contributed by atoms with Crippen LogP contribution in [0.15, 0.2) is 11.4 Å². The van der Waals surface area contributed by atoms with Crippen LogP contribution in [0.1, 0.15) is 19.3 Å². The highest BCUT2D eigenvalue weighted by Gasteiger charge is 2.11. The van der Waals surface area contributed by atoms with Gasteiger partial charge in [0, 0.05) is 6.54 Å². The van der Waals surface area contributed by atoms with Gasteiger partial charge in [-0.1, -0.05) is 0 Å². The summed E-state index contributed by atoms with van der Waals surface area (Å²) in [5, 5.41) is 6.48. The van der Waals surface area contributed by atoms with Crippen molar-refractivity contribution in [1.82, 2.24) is 14.9 Å². The Morgan fingerprint density at radius 2 is 2.16 bits per heavy atom. The van der Waals surface area contributed by atoms with E-state index in [2.05, 4.69) is 20.2 Å². The molecule has 1 aliphatic rings. The van der Waals surface area contributed by atoms with Gasteiger partial charge in [0.15, 0.2) is 0 Å². The molecule has 5 nitrogen and oxygen atoms in total. The van der Waals surface area contributed by atoms with Crippen LogP contribution < -0.4 is 11.1 Å². The first-order valence-corrected chi connectivity index (χ1v) is 7.68. The normalized spacial score (nSPS) is 16.2. The molecule has 0 aliphatic carbocycles. The third kappa shape index (κ3) is 2.96. The maximum atomic E-state index is 5.72. The van der Waals surface area contributed by atoms with Crippen LogP contribution in [-0.2, 0) is 0 Å². The van der Waals surface area contributed by atoms with Crippen molar-refractivity contribution < 1.29 is 0 Å². The summed E-state index contributed by atoms with van der Waals surface area (Å²) in [6.07, 6.45) is 3.84. The number of nitrogen functional groups attached to an aromatic ring is 1. The van der Waals surface area contributed by atoms with Gasteiger partial charge in [-0.15, -0.1) is 11.3 Å². The Morgan fingerprint density at radius 3 is 3.00 bits per heavy atom. The second kappa shape index (κ2) is 5.71. The molecule has 0 saturated carbocycles. The van der Waals surface area contributed by atoms with E-state index in [0.717, 1.165) is 29.0 Å². The highest BCUT2D eigenvalue weighted by molar-refractivity contribution is 7.16. The van der Waals surface area contributed by atoms with Crippen molar-refractivity contribution in [3.8, 4) is 0 Å². The Labute approximate surface area is 116 Å². The van der Waals surface area contributed by atoms with Gasteiger partial charge in [0.25, 0.3) is 0 Å². The number of nitrogens with zero attached hydrogens (tertiary/aromatic N) is 3. The molecular formula is C13H19N5S. The third-order valence-electron chi connectivity index (χ3n) is 3.48. The largest absolute Gasteiger partial charge is 0.369 e. The molecule has 1 saturated heterocycles. The Bertz CT molecular complexity index is 547. The van der Waals surface area contributed by atoms with E-state index in [1.165, 1.54) is 32.5 Å². The smallest absolute Gasteiger partial charge is 0.223 e. The number of anilines is 2. The second-order valence-electron chi connectivity index (χ2n) is 4.90. The minimum atomic E-state index is 0.344. The van der Waals surface area contributed by atoms with E-state index in [0.29, 0.717) is 5.95 Å². The highest BCUT2D eigenvalue weighted by atomic mass is 32.1. The first-order valence-electron chi connectivity index (χ1n) is 6.80. The van der Waals surface area contributed by atoms with E-state index in [4.69, 9.17) is 5.73 Å². The van der Waals surface area contributed by atoms with Crippen LogP contribution in [-0.4, -0.2) is 41.0 Å². The van der Waals surface area contributed by atoms with Crippen molar-refractivity contribution in [2.75, 3.05) is 37.2 Å². The Kier molecular flexibility index (Phi) is 3.79. The molecule has 1 aliphatic heterocycles. The van der Waals surface area contributed by atoms with Crippen LogP contribution in [0.25, 0.3) is 10.2 Å². The van der Waals surface area contributed by atoms with Crippen molar-refractivity contribution >= 4 is 33.3 Å². The number of nitrogens with two attached hydrogens (primary N) is 1. The standard InChI is InChI=1S/C13H19N5S/c14-13-16-11(10-4-9-19-12(10)17-13)15-5-3-8-18-6-1-2-7-18/h4,9H,1-3,5-8H2,(H3,14,15,16,17). The van der Waals surface area contributed by atoms with Gasteiger partial charge in [0.05, 0.1) is 5.39 Å². The summed E-state index contributed by atoms with van der Waals surface area (Å²) in [6.45, 7) is 4.61. The zero-order chi connectivity index (χ0) is 13.1. The van der Waals surface area contributed by atoms with E-state index < -0.39 is 0 Å². The van der Waals surface area contributed by atoms with Gasteiger partial charge in [-0.2, -0.15) is 4.98 Å². The highest BCUT2D eigenvalue weighted by Crippen LogP contribution is 2.25. The molecule has 2 aromatic rings. The summed E-state index contributed by atoms with van der Waals surface area (Å²) in [7, 11) is 0. The van der Waals surface area contributed by atoms with Crippen LogP contribution in [0.4, 0.5) is 11.8 Å².